The minimum absolute atomic E-state index is 0.00266. The first-order chi connectivity index (χ1) is 13.1. The molecule has 0 saturated carbocycles. The number of benzene rings is 2. The van der Waals surface area contributed by atoms with Crippen molar-refractivity contribution in [2.75, 3.05) is 10.6 Å². The van der Waals surface area contributed by atoms with Gasteiger partial charge in [-0.05, 0) is 36.4 Å². The molecule has 0 aliphatic carbocycles. The highest BCUT2D eigenvalue weighted by molar-refractivity contribution is 7.21. The van der Waals surface area contributed by atoms with E-state index in [0.717, 1.165) is 23.5 Å². The summed E-state index contributed by atoms with van der Waals surface area (Å²) in [5.41, 5.74) is -1.24. The van der Waals surface area contributed by atoms with E-state index in [1.54, 1.807) is 0 Å². The number of thiophene rings is 1. The molecular weight excluding hydrogens is 420 g/mol. The fraction of sp³-hybridized carbons (Fsp3) is 0.111. The van der Waals surface area contributed by atoms with Gasteiger partial charge in [-0.3, -0.25) is 9.59 Å². The molecule has 0 saturated heterocycles. The van der Waals surface area contributed by atoms with Crippen LogP contribution in [-0.4, -0.2) is 11.8 Å². The van der Waals surface area contributed by atoms with Crippen LogP contribution in [0.5, 0.6) is 0 Å². The molecule has 0 spiro atoms. The van der Waals surface area contributed by atoms with E-state index >= 15 is 0 Å². The molecule has 3 aromatic rings. The van der Waals surface area contributed by atoms with Crippen molar-refractivity contribution in [3.05, 3.63) is 57.7 Å². The predicted octanol–water partition coefficient (Wildman–Crippen LogP) is 5.92. The number of carbonyl (C=O) groups excluding carboxylic acids is 2. The van der Waals surface area contributed by atoms with Gasteiger partial charge in [-0.15, -0.1) is 11.3 Å². The van der Waals surface area contributed by atoms with Crippen LogP contribution in [0.3, 0.4) is 0 Å². The fourth-order valence-electron chi connectivity index (χ4n) is 2.49. The topological polar surface area (TPSA) is 58.2 Å². The Kier molecular flexibility index (Phi) is 5.31. The SMILES string of the molecule is CC(=O)Nc1ccc(C(F)(F)F)cc1NC(=O)c1sc2cc(F)ccc2c1Cl. The van der Waals surface area contributed by atoms with Crippen molar-refractivity contribution in [2.24, 2.45) is 0 Å². The normalized spacial score (nSPS) is 11.5. The average molecular weight is 431 g/mol. The second kappa shape index (κ2) is 7.40. The highest BCUT2D eigenvalue weighted by atomic mass is 35.5. The third-order valence-electron chi connectivity index (χ3n) is 3.70. The summed E-state index contributed by atoms with van der Waals surface area (Å²) in [7, 11) is 0. The summed E-state index contributed by atoms with van der Waals surface area (Å²) in [6.07, 6.45) is -4.64. The van der Waals surface area contributed by atoms with E-state index in [1.165, 1.54) is 25.1 Å². The monoisotopic (exact) mass is 430 g/mol. The van der Waals surface area contributed by atoms with Crippen molar-refractivity contribution in [3.8, 4) is 0 Å². The maximum Gasteiger partial charge on any atom is 0.416 e. The van der Waals surface area contributed by atoms with Crippen molar-refractivity contribution < 1.29 is 27.2 Å². The number of hydrogen-bond donors (Lipinski definition) is 2. The van der Waals surface area contributed by atoms with E-state index in [0.29, 0.717) is 16.2 Å². The summed E-state index contributed by atoms with van der Waals surface area (Å²) in [6.45, 7) is 1.18. The molecule has 0 aliphatic rings. The van der Waals surface area contributed by atoms with Crippen molar-refractivity contribution >= 4 is 56.2 Å². The van der Waals surface area contributed by atoms with Crippen molar-refractivity contribution in [1.82, 2.24) is 0 Å². The van der Waals surface area contributed by atoms with Gasteiger partial charge >= 0.3 is 6.18 Å². The maximum atomic E-state index is 13.4. The number of rotatable bonds is 3. The van der Waals surface area contributed by atoms with E-state index in [2.05, 4.69) is 10.6 Å². The molecule has 3 rings (SSSR count). The zero-order valence-electron chi connectivity index (χ0n) is 14.1. The quantitative estimate of drug-likeness (QED) is 0.506. The molecule has 28 heavy (non-hydrogen) atoms. The molecule has 0 atom stereocenters. The van der Waals surface area contributed by atoms with Gasteiger partial charge < -0.3 is 10.6 Å². The van der Waals surface area contributed by atoms with E-state index in [-0.39, 0.29) is 21.3 Å². The maximum absolute atomic E-state index is 13.4. The molecule has 10 heteroatoms. The van der Waals surface area contributed by atoms with E-state index in [1.807, 2.05) is 0 Å². The van der Waals surface area contributed by atoms with Crippen LogP contribution in [0.15, 0.2) is 36.4 Å². The van der Waals surface area contributed by atoms with Crippen molar-refractivity contribution in [2.45, 2.75) is 13.1 Å². The number of hydrogen-bond acceptors (Lipinski definition) is 3. The first kappa shape index (κ1) is 20.1. The Balaban J connectivity index is 2.01. The smallest absolute Gasteiger partial charge is 0.325 e. The lowest BCUT2D eigenvalue weighted by molar-refractivity contribution is -0.137. The molecule has 2 amide bonds. The third-order valence-corrected chi connectivity index (χ3v) is 5.36. The molecule has 146 valence electrons. The molecule has 1 heterocycles. The fourth-order valence-corrected chi connectivity index (χ4v) is 3.92. The summed E-state index contributed by atoms with van der Waals surface area (Å²) < 4.78 is 52.8. The number of alkyl halides is 3. The van der Waals surface area contributed by atoms with Gasteiger partial charge in [0.2, 0.25) is 5.91 Å². The Morgan fingerprint density at radius 3 is 2.39 bits per heavy atom. The molecule has 0 aliphatic heterocycles. The number of amides is 2. The second-order valence-corrected chi connectivity index (χ2v) is 7.21. The number of carbonyl (C=O) groups is 2. The van der Waals surface area contributed by atoms with Crippen molar-refractivity contribution in [1.29, 1.82) is 0 Å². The summed E-state index contributed by atoms with van der Waals surface area (Å²) in [5.74, 6) is -1.81. The summed E-state index contributed by atoms with van der Waals surface area (Å²) >= 11 is 7.08. The third kappa shape index (κ3) is 4.10. The van der Waals surface area contributed by atoms with Crippen LogP contribution < -0.4 is 10.6 Å². The van der Waals surface area contributed by atoms with Crippen LogP contribution in [0.4, 0.5) is 28.9 Å². The van der Waals surface area contributed by atoms with Crippen LogP contribution in [-0.2, 0) is 11.0 Å². The number of anilines is 2. The van der Waals surface area contributed by atoms with E-state index in [4.69, 9.17) is 11.6 Å². The molecule has 2 N–H and O–H groups in total. The number of halogens is 5. The Morgan fingerprint density at radius 2 is 1.75 bits per heavy atom. The van der Waals surface area contributed by atoms with Crippen LogP contribution in [0.25, 0.3) is 10.1 Å². The zero-order chi connectivity index (χ0) is 20.6. The largest absolute Gasteiger partial charge is 0.416 e. The second-order valence-electron chi connectivity index (χ2n) is 5.78. The van der Waals surface area contributed by atoms with Gasteiger partial charge in [0.15, 0.2) is 0 Å². The van der Waals surface area contributed by atoms with Crippen LogP contribution >= 0.6 is 22.9 Å². The minimum Gasteiger partial charge on any atom is -0.325 e. The van der Waals surface area contributed by atoms with Crippen LogP contribution in [0.1, 0.15) is 22.2 Å². The molecule has 0 fully saturated rings. The molecule has 2 aromatic carbocycles. The highest BCUT2D eigenvalue weighted by Gasteiger charge is 2.31. The van der Waals surface area contributed by atoms with Crippen LogP contribution in [0, 0.1) is 5.82 Å². The van der Waals surface area contributed by atoms with E-state index < -0.39 is 29.4 Å². The number of fused-ring (bicyclic) bond motifs is 1. The van der Waals surface area contributed by atoms with Crippen molar-refractivity contribution in [3.63, 3.8) is 0 Å². The van der Waals surface area contributed by atoms with Gasteiger partial charge in [0.1, 0.15) is 10.7 Å². The first-order valence-corrected chi connectivity index (χ1v) is 8.93. The summed E-state index contributed by atoms with van der Waals surface area (Å²) in [5, 5.41) is 5.21. The zero-order valence-corrected chi connectivity index (χ0v) is 15.7. The Morgan fingerprint density at radius 1 is 1.04 bits per heavy atom. The predicted molar refractivity (Wildman–Crippen MR) is 100 cm³/mol. The minimum atomic E-state index is -4.64. The van der Waals surface area contributed by atoms with Gasteiger partial charge in [-0.2, -0.15) is 13.2 Å². The average Bonchev–Trinajstić information content (AvgIpc) is 2.91. The molecule has 4 nitrogen and oxygen atoms in total. The molecular formula is C18H11ClF4N2O2S. The van der Waals surface area contributed by atoms with E-state index in [9.17, 15) is 27.2 Å². The van der Waals surface area contributed by atoms with Crippen LogP contribution in [0.2, 0.25) is 5.02 Å². The summed E-state index contributed by atoms with van der Waals surface area (Å²) in [6, 6.07) is 6.34. The number of nitrogens with one attached hydrogen (secondary N) is 2. The Bertz CT molecular complexity index is 1100. The molecule has 0 radical (unpaired) electrons. The lowest BCUT2D eigenvalue weighted by atomic mass is 10.1. The molecule has 0 bridgehead atoms. The highest BCUT2D eigenvalue weighted by Crippen LogP contribution is 2.38. The standard InChI is InChI=1S/C18H11ClF4N2O2S/c1-8(26)24-12-5-2-9(18(21,22)23)6-13(12)25-17(27)16-15(19)11-4-3-10(20)7-14(11)28-16/h2-7H,1H3,(H,24,26)(H,25,27). The first-order valence-electron chi connectivity index (χ1n) is 7.74. The van der Waals surface area contributed by atoms with Gasteiger partial charge in [-0.1, -0.05) is 11.6 Å². The lowest BCUT2D eigenvalue weighted by Crippen LogP contribution is -2.16. The summed E-state index contributed by atoms with van der Waals surface area (Å²) in [4.78, 5) is 23.9. The van der Waals surface area contributed by atoms with Gasteiger partial charge in [-0.25, -0.2) is 4.39 Å². The van der Waals surface area contributed by atoms with Gasteiger partial charge in [0.05, 0.1) is 22.0 Å². The van der Waals surface area contributed by atoms with Gasteiger partial charge in [0.25, 0.3) is 5.91 Å². The molecule has 0 unspecified atom stereocenters. The Hall–Kier alpha value is -2.65. The molecule has 1 aromatic heterocycles. The Labute approximate surface area is 165 Å². The van der Waals surface area contributed by atoms with Gasteiger partial charge in [0, 0.05) is 17.0 Å². The lowest BCUT2D eigenvalue weighted by Gasteiger charge is -2.14.